The third kappa shape index (κ3) is 7.49. The van der Waals surface area contributed by atoms with Crippen molar-refractivity contribution in [2.75, 3.05) is 50.5 Å². The largest absolute Gasteiger partial charge is 0.491 e. The summed E-state index contributed by atoms with van der Waals surface area (Å²) in [6.07, 6.45) is 9.41. The van der Waals surface area contributed by atoms with Crippen molar-refractivity contribution in [2.45, 2.75) is 59.2 Å². The second-order valence-electron chi connectivity index (χ2n) is 14.0. The molecule has 5 aromatic rings. The number of likely N-dealkylation sites (tertiary alicyclic amines) is 1. The van der Waals surface area contributed by atoms with Crippen molar-refractivity contribution in [3.8, 4) is 5.75 Å². The Kier molecular flexibility index (Phi) is 10.3. The number of nitrogens with two attached hydrogens (primary N) is 3. The van der Waals surface area contributed by atoms with E-state index >= 15 is 0 Å². The molecule has 54 heavy (non-hydrogen) atoms. The van der Waals surface area contributed by atoms with Gasteiger partial charge in [0.2, 0.25) is 23.7 Å². The standard InChI is InChI=1S/C37H46N12O5/c1-3-49-28(17-23(2)45-49)34(52)44-36-43-27-19-25(32(39)51)21-41-33(27)48(36)12-5-4-11-47-30-26(42-35(47)40)18-24(31(38)50)20-29(30)54-14-6-10-46-13-7-37(22-46)8-15-53-16-9-37/h4-5,17-21H,3,6-16,22H2,1-2H3,(H2,38,50)(H2,39,51)(H2,40,42)(H,43,44,52)/b5-4+. The van der Waals surface area contributed by atoms with Crippen LogP contribution in [0.2, 0.25) is 0 Å². The van der Waals surface area contributed by atoms with Crippen molar-refractivity contribution in [1.82, 2.24) is 38.8 Å². The van der Waals surface area contributed by atoms with Gasteiger partial charge in [0.25, 0.3) is 5.91 Å². The first-order valence-corrected chi connectivity index (χ1v) is 18.2. The Morgan fingerprint density at radius 3 is 2.46 bits per heavy atom. The van der Waals surface area contributed by atoms with Gasteiger partial charge in [-0.15, -0.1) is 0 Å². The smallest absolute Gasteiger partial charge is 0.276 e. The predicted octanol–water partition coefficient (Wildman–Crippen LogP) is 2.87. The number of fused-ring (bicyclic) bond motifs is 2. The summed E-state index contributed by atoms with van der Waals surface area (Å²) in [4.78, 5) is 53.5. The number of carbonyl (C=O) groups is 3. The summed E-state index contributed by atoms with van der Waals surface area (Å²) in [5.74, 6) is -0.674. The van der Waals surface area contributed by atoms with Crippen LogP contribution in [0.3, 0.4) is 0 Å². The number of allylic oxidation sites excluding steroid dienone is 2. The van der Waals surface area contributed by atoms with E-state index in [0.29, 0.717) is 64.4 Å². The Morgan fingerprint density at radius 2 is 1.72 bits per heavy atom. The number of nitrogens with one attached hydrogen (secondary N) is 1. The molecule has 0 aliphatic carbocycles. The molecule has 0 unspecified atom stereocenters. The van der Waals surface area contributed by atoms with E-state index in [1.54, 1.807) is 27.4 Å². The van der Waals surface area contributed by atoms with Crippen LogP contribution in [0.15, 0.2) is 42.6 Å². The molecule has 4 aromatic heterocycles. The number of carbonyl (C=O) groups excluding carboxylic acids is 3. The van der Waals surface area contributed by atoms with Gasteiger partial charge in [0.15, 0.2) is 5.65 Å². The van der Waals surface area contributed by atoms with E-state index in [4.69, 9.17) is 26.7 Å². The van der Waals surface area contributed by atoms with Crippen LogP contribution in [0, 0.1) is 12.3 Å². The van der Waals surface area contributed by atoms with E-state index in [9.17, 15) is 14.4 Å². The van der Waals surface area contributed by atoms with Gasteiger partial charge in [0.1, 0.15) is 22.5 Å². The Hall–Kier alpha value is -5.81. The van der Waals surface area contributed by atoms with Crippen LogP contribution in [0.25, 0.3) is 22.2 Å². The molecule has 6 heterocycles. The van der Waals surface area contributed by atoms with E-state index in [1.165, 1.54) is 18.7 Å². The molecular weight excluding hydrogens is 692 g/mol. The number of anilines is 2. The highest BCUT2D eigenvalue weighted by Crippen LogP contribution is 2.39. The summed E-state index contributed by atoms with van der Waals surface area (Å²) >= 11 is 0. The Bertz CT molecular complexity index is 2250. The SMILES string of the molecule is CCn1nc(C)cc1C(=O)Nc1nc2cc(C(N)=O)cnc2n1C/C=C/Cn1c(N)nc2cc(C(N)=O)cc(OCCCN3CCC4(CCOCC4)C3)c21. The minimum absolute atomic E-state index is 0.194. The van der Waals surface area contributed by atoms with E-state index < -0.39 is 17.7 Å². The van der Waals surface area contributed by atoms with Crippen molar-refractivity contribution in [3.63, 3.8) is 0 Å². The number of ether oxygens (including phenoxy) is 2. The molecule has 3 amide bonds. The van der Waals surface area contributed by atoms with Gasteiger partial charge in [-0.05, 0) is 75.8 Å². The number of benzene rings is 1. The average Bonchev–Trinajstić information content (AvgIpc) is 3.91. The van der Waals surface area contributed by atoms with Gasteiger partial charge in [-0.1, -0.05) is 12.2 Å². The molecule has 2 saturated heterocycles. The molecule has 1 spiro atoms. The molecule has 2 aliphatic rings. The van der Waals surface area contributed by atoms with Gasteiger partial charge < -0.3 is 36.1 Å². The number of hydrogen-bond acceptors (Lipinski definition) is 11. The van der Waals surface area contributed by atoms with Crippen molar-refractivity contribution in [1.29, 1.82) is 0 Å². The maximum Gasteiger partial charge on any atom is 0.276 e. The zero-order valence-corrected chi connectivity index (χ0v) is 30.6. The summed E-state index contributed by atoms with van der Waals surface area (Å²) in [6, 6.07) is 6.50. The Balaban J connectivity index is 1.09. The van der Waals surface area contributed by atoms with Crippen LogP contribution in [-0.2, 0) is 24.4 Å². The first-order valence-electron chi connectivity index (χ1n) is 18.2. The molecule has 1 aromatic carbocycles. The zero-order valence-electron chi connectivity index (χ0n) is 30.6. The minimum Gasteiger partial charge on any atom is -0.491 e. The highest BCUT2D eigenvalue weighted by atomic mass is 16.5. The summed E-state index contributed by atoms with van der Waals surface area (Å²) in [7, 11) is 0. The summed E-state index contributed by atoms with van der Waals surface area (Å²) < 4.78 is 17.1. The zero-order chi connectivity index (χ0) is 38.0. The molecule has 17 nitrogen and oxygen atoms in total. The molecule has 2 aliphatic heterocycles. The number of aromatic nitrogens is 7. The van der Waals surface area contributed by atoms with Crippen molar-refractivity contribution >= 4 is 51.8 Å². The lowest BCUT2D eigenvalue weighted by Crippen LogP contribution is -2.33. The second kappa shape index (κ2) is 15.3. The van der Waals surface area contributed by atoms with Gasteiger partial charge in [-0.25, -0.2) is 15.0 Å². The van der Waals surface area contributed by atoms with E-state index in [-0.39, 0.29) is 29.6 Å². The van der Waals surface area contributed by atoms with Crippen molar-refractivity contribution < 1.29 is 23.9 Å². The predicted molar refractivity (Wildman–Crippen MR) is 202 cm³/mol. The normalized spacial score (nSPS) is 15.9. The van der Waals surface area contributed by atoms with Gasteiger partial charge in [-0.2, -0.15) is 5.10 Å². The average molecular weight is 739 g/mol. The second-order valence-corrected chi connectivity index (χ2v) is 14.0. The fraction of sp³-hybridized carbons (Fsp3) is 0.432. The number of rotatable bonds is 14. The van der Waals surface area contributed by atoms with E-state index in [2.05, 4.69) is 30.3 Å². The Labute approximate surface area is 311 Å². The lowest BCUT2D eigenvalue weighted by atomic mass is 9.80. The van der Waals surface area contributed by atoms with Crippen LogP contribution in [-0.4, -0.2) is 95.9 Å². The fourth-order valence-electron chi connectivity index (χ4n) is 7.50. The molecule has 284 valence electrons. The summed E-state index contributed by atoms with van der Waals surface area (Å²) in [6.45, 7) is 10.0. The fourth-order valence-corrected chi connectivity index (χ4v) is 7.50. The van der Waals surface area contributed by atoms with Gasteiger partial charge in [0, 0.05) is 57.7 Å². The molecule has 7 N–H and O–H groups in total. The van der Waals surface area contributed by atoms with Gasteiger partial charge in [0.05, 0.1) is 23.4 Å². The van der Waals surface area contributed by atoms with E-state index in [1.807, 2.05) is 30.6 Å². The number of amides is 3. The van der Waals surface area contributed by atoms with Gasteiger partial charge >= 0.3 is 0 Å². The maximum absolute atomic E-state index is 13.4. The molecule has 2 fully saturated rings. The highest BCUT2D eigenvalue weighted by molar-refractivity contribution is 6.03. The van der Waals surface area contributed by atoms with Crippen molar-refractivity contribution in [3.05, 3.63) is 65.1 Å². The number of hydrogen-bond donors (Lipinski definition) is 4. The number of imidazole rings is 2. The van der Waals surface area contributed by atoms with Gasteiger partial charge in [-0.3, -0.25) is 28.9 Å². The minimum atomic E-state index is -0.640. The summed E-state index contributed by atoms with van der Waals surface area (Å²) in [5, 5.41) is 7.26. The van der Waals surface area contributed by atoms with Crippen LogP contribution >= 0.6 is 0 Å². The number of primary amides is 2. The molecule has 7 rings (SSSR count). The molecule has 0 saturated carbocycles. The first-order chi connectivity index (χ1) is 26.0. The van der Waals surface area contributed by atoms with Crippen molar-refractivity contribution in [2.24, 2.45) is 16.9 Å². The third-order valence-corrected chi connectivity index (χ3v) is 10.3. The number of pyridine rings is 1. The molecule has 17 heteroatoms. The third-order valence-electron chi connectivity index (χ3n) is 10.3. The lowest BCUT2D eigenvalue weighted by molar-refractivity contribution is 0.0192. The molecule has 0 bridgehead atoms. The maximum atomic E-state index is 13.4. The highest BCUT2D eigenvalue weighted by Gasteiger charge is 2.38. The number of nitrogen functional groups attached to an aromatic ring is 1. The monoisotopic (exact) mass is 738 g/mol. The summed E-state index contributed by atoms with van der Waals surface area (Å²) in [5.41, 5.74) is 21.5. The Morgan fingerprint density at radius 1 is 0.981 bits per heavy atom. The van der Waals surface area contributed by atoms with Crippen LogP contribution in [0.5, 0.6) is 5.75 Å². The van der Waals surface area contributed by atoms with E-state index in [0.717, 1.165) is 52.1 Å². The molecule has 0 radical (unpaired) electrons. The van der Waals surface area contributed by atoms with Crippen LogP contribution < -0.4 is 27.3 Å². The molecule has 0 atom stereocenters. The first kappa shape index (κ1) is 36.5. The lowest BCUT2D eigenvalue weighted by Gasteiger charge is -2.33. The molecular formula is C37H46N12O5. The number of aryl methyl sites for hydroxylation is 2. The van der Waals surface area contributed by atoms with Crippen LogP contribution in [0.4, 0.5) is 11.9 Å². The number of nitrogens with zero attached hydrogens (tertiary/aromatic N) is 8. The quantitative estimate of drug-likeness (QED) is 0.0956. The topological polar surface area (TPSA) is 229 Å². The van der Waals surface area contributed by atoms with Crippen LogP contribution in [0.1, 0.15) is 69.5 Å².